The van der Waals surface area contributed by atoms with Crippen molar-refractivity contribution in [1.82, 2.24) is 10.6 Å². The maximum absolute atomic E-state index is 11.1. The Bertz CT molecular complexity index is 564. The Balaban J connectivity index is 2.19. The van der Waals surface area contributed by atoms with E-state index in [0.29, 0.717) is 0 Å². The van der Waals surface area contributed by atoms with Crippen molar-refractivity contribution < 1.29 is 14.7 Å². The number of benzene rings is 1. The van der Waals surface area contributed by atoms with Gasteiger partial charge in [-0.1, -0.05) is 11.6 Å². The third-order valence-corrected chi connectivity index (χ3v) is 2.96. The van der Waals surface area contributed by atoms with E-state index in [1.54, 1.807) is 6.20 Å². The van der Waals surface area contributed by atoms with Crippen LogP contribution in [0, 0.1) is 6.92 Å². The molecule has 5 heteroatoms. The van der Waals surface area contributed by atoms with Gasteiger partial charge in [-0.2, -0.15) is 0 Å². The molecule has 0 saturated heterocycles. The second-order valence-corrected chi connectivity index (χ2v) is 4.60. The first kappa shape index (κ1) is 13.1. The largest absolute Gasteiger partial charge is 0.480 e. The third kappa shape index (κ3) is 2.93. The van der Waals surface area contributed by atoms with E-state index in [0.717, 1.165) is 22.4 Å². The van der Waals surface area contributed by atoms with Gasteiger partial charge in [-0.15, -0.1) is 0 Å². The minimum absolute atomic E-state index is 0.231. The molecule has 0 aromatic heterocycles. The molecular weight excluding hydrogens is 244 g/mol. The lowest BCUT2D eigenvalue weighted by atomic mass is 9.98. The highest BCUT2D eigenvalue weighted by molar-refractivity contribution is 5.87. The van der Waals surface area contributed by atoms with Crippen molar-refractivity contribution in [3.63, 3.8) is 0 Å². The number of carboxylic acids is 1. The van der Waals surface area contributed by atoms with E-state index in [1.165, 1.54) is 6.92 Å². The molecule has 0 bridgehead atoms. The smallest absolute Gasteiger partial charge is 0.326 e. The van der Waals surface area contributed by atoms with Crippen LogP contribution >= 0.6 is 0 Å². The van der Waals surface area contributed by atoms with Crippen LogP contribution < -0.4 is 10.6 Å². The number of carboxylic acid groups (broad SMARTS) is 1. The SMILES string of the molecule is CC(=O)NC(CC1=C[N]c2ccc(C)cc21)C(=O)O. The molecule has 2 rings (SSSR count). The molecule has 19 heavy (non-hydrogen) atoms. The van der Waals surface area contributed by atoms with Gasteiger partial charge >= 0.3 is 5.97 Å². The quantitative estimate of drug-likeness (QED) is 0.861. The molecule has 1 aromatic rings. The highest BCUT2D eigenvalue weighted by Crippen LogP contribution is 2.33. The van der Waals surface area contributed by atoms with Gasteiger partial charge in [0.15, 0.2) is 0 Å². The zero-order valence-electron chi connectivity index (χ0n) is 10.8. The van der Waals surface area contributed by atoms with Crippen LogP contribution in [0.25, 0.3) is 5.57 Å². The molecule has 1 atom stereocenters. The number of carbonyl (C=O) groups is 2. The van der Waals surface area contributed by atoms with Crippen molar-refractivity contribution in [2.45, 2.75) is 26.3 Å². The molecule has 5 nitrogen and oxygen atoms in total. The molecule has 1 aromatic carbocycles. The maximum Gasteiger partial charge on any atom is 0.326 e. The lowest BCUT2D eigenvalue weighted by molar-refractivity contribution is -0.141. The van der Waals surface area contributed by atoms with Crippen molar-refractivity contribution in [1.29, 1.82) is 0 Å². The third-order valence-electron chi connectivity index (χ3n) is 2.96. The van der Waals surface area contributed by atoms with Crippen LogP contribution in [0.2, 0.25) is 0 Å². The van der Waals surface area contributed by atoms with Crippen molar-refractivity contribution >= 4 is 23.1 Å². The summed E-state index contributed by atoms with van der Waals surface area (Å²) >= 11 is 0. The van der Waals surface area contributed by atoms with Gasteiger partial charge in [0.05, 0.1) is 5.69 Å². The summed E-state index contributed by atoms with van der Waals surface area (Å²) in [5.41, 5.74) is 3.71. The van der Waals surface area contributed by atoms with E-state index in [9.17, 15) is 9.59 Å². The van der Waals surface area contributed by atoms with Crippen LogP contribution in [0.5, 0.6) is 0 Å². The number of amides is 1. The Hall–Kier alpha value is -2.30. The summed E-state index contributed by atoms with van der Waals surface area (Å²) in [6.07, 6.45) is 1.90. The lowest BCUT2D eigenvalue weighted by Gasteiger charge is -2.14. The highest BCUT2D eigenvalue weighted by Gasteiger charge is 2.24. The van der Waals surface area contributed by atoms with Gasteiger partial charge in [0.2, 0.25) is 5.91 Å². The molecule has 2 N–H and O–H groups in total. The number of hydrogen-bond acceptors (Lipinski definition) is 2. The van der Waals surface area contributed by atoms with Crippen LogP contribution in [0.15, 0.2) is 24.4 Å². The van der Waals surface area contributed by atoms with Gasteiger partial charge in [0.25, 0.3) is 0 Å². The number of nitrogens with one attached hydrogen (secondary N) is 1. The van der Waals surface area contributed by atoms with Gasteiger partial charge in [-0.25, -0.2) is 4.79 Å². The zero-order valence-corrected chi connectivity index (χ0v) is 10.8. The first-order chi connectivity index (χ1) is 8.97. The van der Waals surface area contributed by atoms with Gasteiger partial charge in [-0.05, 0) is 24.6 Å². The Labute approximate surface area is 111 Å². The lowest BCUT2D eigenvalue weighted by Crippen LogP contribution is -2.39. The van der Waals surface area contributed by atoms with Crippen molar-refractivity contribution in [3.05, 3.63) is 35.5 Å². The number of rotatable bonds is 4. The van der Waals surface area contributed by atoms with E-state index in [4.69, 9.17) is 5.11 Å². The topological polar surface area (TPSA) is 80.5 Å². The Morgan fingerprint density at radius 1 is 1.42 bits per heavy atom. The minimum Gasteiger partial charge on any atom is -0.480 e. The van der Waals surface area contributed by atoms with E-state index in [1.807, 2.05) is 25.1 Å². The second kappa shape index (κ2) is 5.14. The molecule has 1 unspecified atom stereocenters. The predicted molar refractivity (Wildman–Crippen MR) is 70.8 cm³/mol. The summed E-state index contributed by atoms with van der Waals surface area (Å²) in [6, 6.07) is 4.92. The normalized spacial score (nSPS) is 14.1. The molecule has 0 spiro atoms. The molecule has 1 amide bonds. The fraction of sp³-hybridized carbons (Fsp3) is 0.286. The fourth-order valence-electron chi connectivity index (χ4n) is 2.06. The average molecular weight is 259 g/mol. The summed E-state index contributed by atoms with van der Waals surface area (Å²) in [5, 5.41) is 15.8. The summed E-state index contributed by atoms with van der Waals surface area (Å²) in [6.45, 7) is 3.28. The molecule has 0 aliphatic carbocycles. The number of fused-ring (bicyclic) bond motifs is 1. The fourth-order valence-corrected chi connectivity index (χ4v) is 2.06. The zero-order chi connectivity index (χ0) is 14.0. The second-order valence-electron chi connectivity index (χ2n) is 4.60. The predicted octanol–water partition coefficient (Wildman–Crippen LogP) is 1.56. The van der Waals surface area contributed by atoms with E-state index >= 15 is 0 Å². The Morgan fingerprint density at radius 2 is 2.16 bits per heavy atom. The summed E-state index contributed by atoms with van der Waals surface area (Å²) in [5.74, 6) is -1.40. The first-order valence-corrected chi connectivity index (χ1v) is 5.98. The summed E-state index contributed by atoms with van der Waals surface area (Å²) in [7, 11) is 0. The first-order valence-electron chi connectivity index (χ1n) is 5.98. The van der Waals surface area contributed by atoms with Crippen molar-refractivity contribution in [2.24, 2.45) is 0 Å². The van der Waals surface area contributed by atoms with Gasteiger partial charge in [0, 0.05) is 25.1 Å². The average Bonchev–Trinajstić information content (AvgIpc) is 2.70. The number of aryl methyl sites for hydroxylation is 1. The number of aliphatic carboxylic acids is 1. The minimum atomic E-state index is -1.04. The van der Waals surface area contributed by atoms with E-state index < -0.39 is 12.0 Å². The van der Waals surface area contributed by atoms with Crippen LogP contribution in [-0.2, 0) is 9.59 Å². The molecule has 1 aliphatic heterocycles. The molecule has 1 aliphatic rings. The van der Waals surface area contributed by atoms with Gasteiger partial charge in [-0.3, -0.25) is 10.1 Å². The molecule has 0 fully saturated rings. The van der Waals surface area contributed by atoms with Crippen LogP contribution in [-0.4, -0.2) is 23.0 Å². The summed E-state index contributed by atoms with van der Waals surface area (Å²) in [4.78, 5) is 22.1. The summed E-state index contributed by atoms with van der Waals surface area (Å²) < 4.78 is 0. The van der Waals surface area contributed by atoms with Crippen molar-refractivity contribution in [2.75, 3.05) is 0 Å². The number of nitrogens with zero attached hydrogens (tertiary/aromatic N) is 1. The molecule has 1 radical (unpaired) electrons. The standard InChI is InChI=1S/C14H15N2O3/c1-8-3-4-12-11(5-8)10(7-15-12)6-13(14(18)19)16-9(2)17/h3-5,7,13H,6H2,1-2H3,(H,16,17)(H,18,19). The van der Waals surface area contributed by atoms with Crippen molar-refractivity contribution in [3.8, 4) is 0 Å². The molecule has 0 saturated carbocycles. The maximum atomic E-state index is 11.1. The van der Waals surface area contributed by atoms with E-state index in [-0.39, 0.29) is 12.3 Å². The van der Waals surface area contributed by atoms with Crippen LogP contribution in [0.4, 0.5) is 5.69 Å². The molecule has 1 heterocycles. The highest BCUT2D eigenvalue weighted by atomic mass is 16.4. The Morgan fingerprint density at radius 3 is 2.79 bits per heavy atom. The molecule has 99 valence electrons. The van der Waals surface area contributed by atoms with Crippen LogP contribution in [0.3, 0.4) is 0 Å². The van der Waals surface area contributed by atoms with Gasteiger partial charge < -0.3 is 10.4 Å². The number of carbonyl (C=O) groups excluding carboxylic acids is 1. The number of hydrogen-bond donors (Lipinski definition) is 2. The van der Waals surface area contributed by atoms with E-state index in [2.05, 4.69) is 10.6 Å². The monoisotopic (exact) mass is 259 g/mol. The van der Waals surface area contributed by atoms with Gasteiger partial charge in [0.1, 0.15) is 6.04 Å². The molecular formula is C14H15N2O3. The van der Waals surface area contributed by atoms with Crippen LogP contribution in [0.1, 0.15) is 24.5 Å². The Kier molecular flexibility index (Phi) is 3.55.